The molecule has 0 aliphatic rings. The Labute approximate surface area is 95.6 Å². The molecule has 1 N–H and O–H groups in total. The molecule has 2 atom stereocenters. The van der Waals surface area contributed by atoms with E-state index in [9.17, 15) is 4.79 Å². The van der Waals surface area contributed by atoms with Gasteiger partial charge in [0.25, 0.3) is 0 Å². The van der Waals surface area contributed by atoms with Crippen LogP contribution in [0.2, 0.25) is 0 Å². The minimum absolute atomic E-state index is 0.0555. The number of hydrogen-bond acceptors (Lipinski definition) is 1. The molecule has 1 aromatic rings. The lowest BCUT2D eigenvalue weighted by Crippen LogP contribution is -2.33. The number of halogens is 1. The van der Waals surface area contributed by atoms with Crippen molar-refractivity contribution in [2.75, 3.05) is 0 Å². The summed E-state index contributed by atoms with van der Waals surface area (Å²) in [6.45, 7) is 3.71. The van der Waals surface area contributed by atoms with Gasteiger partial charge in [0, 0.05) is 0 Å². The fraction of sp³-hybridized carbons (Fsp3) is 0.417. The third-order valence-corrected chi connectivity index (χ3v) is 2.49. The van der Waals surface area contributed by atoms with Crippen LogP contribution in [0.3, 0.4) is 0 Å². The van der Waals surface area contributed by atoms with E-state index in [1.807, 2.05) is 37.3 Å². The number of carbonyl (C=O) groups excluding carboxylic acids is 1. The van der Waals surface area contributed by atoms with Gasteiger partial charge in [0.1, 0.15) is 5.38 Å². The number of amides is 1. The summed E-state index contributed by atoms with van der Waals surface area (Å²) >= 11 is 5.70. The van der Waals surface area contributed by atoms with Crippen molar-refractivity contribution in [3.8, 4) is 0 Å². The van der Waals surface area contributed by atoms with Crippen LogP contribution in [0.5, 0.6) is 0 Å². The second-order valence-corrected chi connectivity index (χ2v) is 4.15. The number of rotatable bonds is 4. The predicted octanol–water partition coefficient (Wildman–Crippen LogP) is 2.88. The van der Waals surface area contributed by atoms with Crippen molar-refractivity contribution >= 4 is 17.5 Å². The summed E-state index contributed by atoms with van der Waals surface area (Å²) in [5.74, 6) is -0.118. The summed E-state index contributed by atoms with van der Waals surface area (Å²) in [7, 11) is 0. The molecule has 0 aliphatic carbocycles. The van der Waals surface area contributed by atoms with Crippen LogP contribution >= 0.6 is 11.6 Å². The predicted molar refractivity (Wildman–Crippen MR) is 62.9 cm³/mol. The third kappa shape index (κ3) is 3.56. The topological polar surface area (TPSA) is 29.1 Å². The molecule has 0 fully saturated rings. The van der Waals surface area contributed by atoms with E-state index >= 15 is 0 Å². The molecule has 0 spiro atoms. The molecular formula is C12H16ClNO. The first-order valence-electron chi connectivity index (χ1n) is 5.14. The van der Waals surface area contributed by atoms with Crippen molar-refractivity contribution in [2.24, 2.45) is 0 Å². The van der Waals surface area contributed by atoms with E-state index in [1.54, 1.807) is 6.92 Å². The molecule has 0 radical (unpaired) electrons. The number of alkyl halides is 1. The molecule has 1 amide bonds. The van der Waals surface area contributed by atoms with E-state index in [2.05, 4.69) is 5.32 Å². The maximum atomic E-state index is 11.4. The van der Waals surface area contributed by atoms with Crippen LogP contribution in [0.4, 0.5) is 0 Å². The van der Waals surface area contributed by atoms with Crippen molar-refractivity contribution in [2.45, 2.75) is 31.7 Å². The van der Waals surface area contributed by atoms with Gasteiger partial charge in [-0.05, 0) is 18.9 Å². The van der Waals surface area contributed by atoms with Gasteiger partial charge < -0.3 is 5.32 Å². The first-order chi connectivity index (χ1) is 7.15. The monoisotopic (exact) mass is 225 g/mol. The van der Waals surface area contributed by atoms with Gasteiger partial charge >= 0.3 is 0 Å². The molecule has 2 nitrogen and oxygen atoms in total. The number of benzene rings is 1. The third-order valence-electron chi connectivity index (χ3n) is 2.29. The molecule has 0 saturated carbocycles. The standard InChI is InChI=1S/C12H16ClNO/c1-3-11(14-12(15)9(2)13)10-7-5-4-6-8-10/h4-9,11H,3H2,1-2H3,(H,14,15). The number of carbonyl (C=O) groups is 1. The maximum absolute atomic E-state index is 11.4. The highest BCUT2D eigenvalue weighted by Gasteiger charge is 2.15. The Bertz CT molecular complexity index is 311. The molecule has 1 rings (SSSR count). The van der Waals surface area contributed by atoms with Gasteiger partial charge in [0.2, 0.25) is 5.91 Å². The molecule has 0 aliphatic heterocycles. The Morgan fingerprint density at radius 1 is 1.40 bits per heavy atom. The van der Waals surface area contributed by atoms with Crippen molar-refractivity contribution in [1.29, 1.82) is 0 Å². The Balaban J connectivity index is 2.69. The van der Waals surface area contributed by atoms with Crippen molar-refractivity contribution in [1.82, 2.24) is 5.32 Å². The van der Waals surface area contributed by atoms with E-state index in [-0.39, 0.29) is 11.9 Å². The van der Waals surface area contributed by atoms with E-state index < -0.39 is 5.38 Å². The van der Waals surface area contributed by atoms with Crippen LogP contribution in [0.25, 0.3) is 0 Å². The lowest BCUT2D eigenvalue weighted by atomic mass is 10.0. The lowest BCUT2D eigenvalue weighted by Gasteiger charge is -2.18. The van der Waals surface area contributed by atoms with Crippen LogP contribution in [0, 0.1) is 0 Å². The van der Waals surface area contributed by atoms with Crippen molar-refractivity contribution < 1.29 is 4.79 Å². The average Bonchev–Trinajstić information content (AvgIpc) is 2.26. The summed E-state index contributed by atoms with van der Waals surface area (Å²) in [6.07, 6.45) is 0.860. The van der Waals surface area contributed by atoms with Crippen LogP contribution in [-0.4, -0.2) is 11.3 Å². The zero-order valence-electron chi connectivity index (χ0n) is 9.03. The minimum Gasteiger partial charge on any atom is -0.348 e. The first-order valence-corrected chi connectivity index (χ1v) is 5.58. The number of hydrogen-bond donors (Lipinski definition) is 1. The molecule has 0 saturated heterocycles. The van der Waals surface area contributed by atoms with Crippen LogP contribution in [0.15, 0.2) is 30.3 Å². The summed E-state index contributed by atoms with van der Waals surface area (Å²) in [6, 6.07) is 9.96. The lowest BCUT2D eigenvalue weighted by molar-refractivity contribution is -0.121. The van der Waals surface area contributed by atoms with Crippen molar-refractivity contribution in [3.63, 3.8) is 0 Å². The SMILES string of the molecule is CCC(NC(=O)C(C)Cl)c1ccccc1. The van der Waals surface area contributed by atoms with Gasteiger partial charge in [-0.2, -0.15) is 0 Å². The zero-order valence-corrected chi connectivity index (χ0v) is 9.79. The fourth-order valence-corrected chi connectivity index (χ4v) is 1.46. The first kappa shape index (κ1) is 12.1. The highest BCUT2D eigenvalue weighted by Crippen LogP contribution is 2.16. The van der Waals surface area contributed by atoms with Crippen LogP contribution in [0.1, 0.15) is 31.9 Å². The molecular weight excluding hydrogens is 210 g/mol. The quantitative estimate of drug-likeness (QED) is 0.785. The Morgan fingerprint density at radius 2 is 2.00 bits per heavy atom. The van der Waals surface area contributed by atoms with E-state index in [0.717, 1.165) is 12.0 Å². The van der Waals surface area contributed by atoms with E-state index in [1.165, 1.54) is 0 Å². The zero-order chi connectivity index (χ0) is 11.3. The number of nitrogens with one attached hydrogen (secondary N) is 1. The van der Waals surface area contributed by atoms with Crippen LogP contribution < -0.4 is 5.32 Å². The molecule has 1 aromatic carbocycles. The highest BCUT2D eigenvalue weighted by molar-refractivity contribution is 6.30. The minimum atomic E-state index is -0.484. The van der Waals surface area contributed by atoms with Gasteiger partial charge in [-0.25, -0.2) is 0 Å². The van der Waals surface area contributed by atoms with Crippen LogP contribution in [-0.2, 0) is 4.79 Å². The summed E-state index contributed by atoms with van der Waals surface area (Å²) in [4.78, 5) is 11.4. The summed E-state index contributed by atoms with van der Waals surface area (Å²) in [5.41, 5.74) is 1.12. The molecule has 82 valence electrons. The fourth-order valence-electron chi connectivity index (χ4n) is 1.39. The normalized spacial score (nSPS) is 14.3. The van der Waals surface area contributed by atoms with E-state index in [0.29, 0.717) is 0 Å². The molecule has 0 aromatic heterocycles. The Kier molecular flexibility index (Phi) is 4.63. The maximum Gasteiger partial charge on any atom is 0.238 e. The molecule has 0 bridgehead atoms. The second kappa shape index (κ2) is 5.76. The molecule has 0 heterocycles. The van der Waals surface area contributed by atoms with E-state index in [4.69, 9.17) is 11.6 Å². The highest BCUT2D eigenvalue weighted by atomic mass is 35.5. The Hall–Kier alpha value is -1.02. The second-order valence-electron chi connectivity index (χ2n) is 3.50. The summed E-state index contributed by atoms with van der Waals surface area (Å²) in [5, 5.41) is 2.43. The molecule has 2 unspecified atom stereocenters. The molecule has 15 heavy (non-hydrogen) atoms. The molecule has 3 heteroatoms. The van der Waals surface area contributed by atoms with Gasteiger partial charge in [0.05, 0.1) is 6.04 Å². The smallest absolute Gasteiger partial charge is 0.238 e. The average molecular weight is 226 g/mol. The van der Waals surface area contributed by atoms with Gasteiger partial charge in [-0.15, -0.1) is 11.6 Å². The Morgan fingerprint density at radius 3 is 2.47 bits per heavy atom. The van der Waals surface area contributed by atoms with Crippen molar-refractivity contribution in [3.05, 3.63) is 35.9 Å². The van der Waals surface area contributed by atoms with Gasteiger partial charge in [0.15, 0.2) is 0 Å². The summed E-state index contributed by atoms with van der Waals surface area (Å²) < 4.78 is 0. The van der Waals surface area contributed by atoms with Gasteiger partial charge in [-0.1, -0.05) is 37.3 Å². The van der Waals surface area contributed by atoms with Gasteiger partial charge in [-0.3, -0.25) is 4.79 Å². The largest absolute Gasteiger partial charge is 0.348 e.